The Labute approximate surface area is 129 Å². The minimum atomic E-state index is -0.879. The van der Waals surface area contributed by atoms with Crippen molar-refractivity contribution in [3.05, 3.63) is 35.9 Å². The Balaban J connectivity index is 2.66. The molecule has 0 radical (unpaired) electrons. The summed E-state index contributed by atoms with van der Waals surface area (Å²) in [4.78, 5) is 35.2. The molecule has 1 aromatic rings. The van der Waals surface area contributed by atoms with Gasteiger partial charge in [-0.1, -0.05) is 37.3 Å². The van der Waals surface area contributed by atoms with E-state index in [9.17, 15) is 14.4 Å². The number of carbonyl (C=O) groups is 3. The molecule has 22 heavy (non-hydrogen) atoms. The van der Waals surface area contributed by atoms with Gasteiger partial charge in [-0.25, -0.2) is 4.79 Å². The van der Waals surface area contributed by atoms with Crippen LogP contribution in [0.2, 0.25) is 0 Å². The Morgan fingerprint density at radius 3 is 2.18 bits per heavy atom. The van der Waals surface area contributed by atoms with Crippen molar-refractivity contribution in [3.63, 3.8) is 0 Å². The normalized spacial score (nSPS) is 12.9. The zero-order valence-electron chi connectivity index (χ0n) is 13.0. The summed E-state index contributed by atoms with van der Waals surface area (Å²) in [5.41, 5.74) is 0.838. The van der Waals surface area contributed by atoms with Crippen molar-refractivity contribution in [1.82, 2.24) is 5.32 Å². The molecule has 0 aliphatic heterocycles. The summed E-state index contributed by atoms with van der Waals surface area (Å²) in [5.74, 6) is -1.85. The molecule has 0 fully saturated rings. The van der Waals surface area contributed by atoms with Crippen LogP contribution in [0.4, 0.5) is 0 Å². The third kappa shape index (κ3) is 5.55. The average molecular weight is 307 g/mol. The molecule has 1 amide bonds. The van der Waals surface area contributed by atoms with Crippen LogP contribution < -0.4 is 5.32 Å². The van der Waals surface area contributed by atoms with E-state index in [1.165, 1.54) is 14.2 Å². The lowest BCUT2D eigenvalue weighted by molar-refractivity contribution is -0.148. The lowest BCUT2D eigenvalue weighted by atomic mass is 10.0. The molecule has 0 aromatic heterocycles. The van der Waals surface area contributed by atoms with E-state index in [0.717, 1.165) is 5.56 Å². The molecule has 1 rings (SSSR count). The van der Waals surface area contributed by atoms with E-state index in [2.05, 4.69) is 14.8 Å². The zero-order chi connectivity index (χ0) is 16.5. The number of rotatable bonds is 7. The topological polar surface area (TPSA) is 81.7 Å². The molecule has 1 aromatic carbocycles. The van der Waals surface area contributed by atoms with Gasteiger partial charge in [-0.3, -0.25) is 9.59 Å². The van der Waals surface area contributed by atoms with Crippen molar-refractivity contribution in [2.45, 2.75) is 25.8 Å². The van der Waals surface area contributed by atoms with Crippen molar-refractivity contribution in [3.8, 4) is 0 Å². The first-order valence-electron chi connectivity index (χ1n) is 6.96. The number of nitrogens with one attached hydrogen (secondary N) is 1. The van der Waals surface area contributed by atoms with Gasteiger partial charge in [0.1, 0.15) is 6.04 Å². The number of esters is 2. The predicted molar refractivity (Wildman–Crippen MR) is 79.9 cm³/mol. The maximum Gasteiger partial charge on any atom is 0.328 e. The molecule has 0 saturated carbocycles. The minimum Gasteiger partial charge on any atom is -0.469 e. The fourth-order valence-electron chi connectivity index (χ4n) is 2.03. The second kappa shape index (κ2) is 8.81. The van der Waals surface area contributed by atoms with E-state index in [1.54, 1.807) is 6.92 Å². The number of benzene rings is 1. The number of carbonyl (C=O) groups excluding carboxylic acids is 3. The second-order valence-corrected chi connectivity index (χ2v) is 4.97. The predicted octanol–water partition coefficient (Wildman–Crippen LogP) is 1.09. The maximum absolute atomic E-state index is 12.0. The van der Waals surface area contributed by atoms with Gasteiger partial charge in [0.05, 0.1) is 26.6 Å². The first kappa shape index (κ1) is 17.7. The van der Waals surface area contributed by atoms with E-state index in [-0.39, 0.29) is 18.7 Å². The molecule has 6 nitrogen and oxygen atoms in total. The summed E-state index contributed by atoms with van der Waals surface area (Å²) in [6.07, 6.45) is 0.279. The lowest BCUT2D eigenvalue weighted by Gasteiger charge is -2.19. The van der Waals surface area contributed by atoms with E-state index in [0.29, 0.717) is 0 Å². The standard InChI is InChI=1S/C16H21NO5/c1-11(15(19)21-2)9-13(16(20)22-3)17-14(18)10-12-7-5-4-6-8-12/h4-8,11,13H,9-10H2,1-3H3,(H,17,18)/t11-,13+/m1/s1. The molecule has 0 saturated heterocycles. The van der Waals surface area contributed by atoms with Crippen LogP contribution in [0.3, 0.4) is 0 Å². The van der Waals surface area contributed by atoms with Gasteiger partial charge in [0.25, 0.3) is 0 Å². The third-order valence-corrected chi connectivity index (χ3v) is 3.22. The number of hydrogen-bond donors (Lipinski definition) is 1. The summed E-state index contributed by atoms with van der Waals surface area (Å²) in [7, 11) is 2.52. The largest absolute Gasteiger partial charge is 0.469 e. The Bertz CT molecular complexity index is 515. The first-order valence-corrected chi connectivity index (χ1v) is 6.96. The van der Waals surface area contributed by atoms with Crippen LogP contribution in [0.25, 0.3) is 0 Å². The van der Waals surface area contributed by atoms with Crippen LogP contribution in [0.5, 0.6) is 0 Å². The van der Waals surface area contributed by atoms with Crippen LogP contribution in [0.15, 0.2) is 30.3 Å². The molecule has 2 atom stereocenters. The fourth-order valence-corrected chi connectivity index (χ4v) is 2.03. The Hall–Kier alpha value is -2.37. The lowest BCUT2D eigenvalue weighted by Crippen LogP contribution is -2.44. The number of hydrogen-bond acceptors (Lipinski definition) is 5. The van der Waals surface area contributed by atoms with Crippen LogP contribution in [0.1, 0.15) is 18.9 Å². The van der Waals surface area contributed by atoms with Gasteiger partial charge in [-0.15, -0.1) is 0 Å². The summed E-state index contributed by atoms with van der Waals surface area (Å²) >= 11 is 0. The number of methoxy groups -OCH3 is 2. The first-order chi connectivity index (χ1) is 10.5. The molecular weight excluding hydrogens is 286 g/mol. The zero-order valence-corrected chi connectivity index (χ0v) is 13.0. The monoisotopic (exact) mass is 307 g/mol. The molecule has 0 bridgehead atoms. The SMILES string of the molecule is COC(=O)[C@H](C)C[C@H](NC(=O)Cc1ccccc1)C(=O)OC. The third-order valence-electron chi connectivity index (χ3n) is 3.22. The quantitative estimate of drug-likeness (QED) is 0.763. The maximum atomic E-state index is 12.0. The molecule has 6 heteroatoms. The van der Waals surface area contributed by atoms with Crippen molar-refractivity contribution in [2.75, 3.05) is 14.2 Å². The molecule has 0 unspecified atom stereocenters. The van der Waals surface area contributed by atoms with Crippen molar-refractivity contribution in [1.29, 1.82) is 0 Å². The molecule has 0 aliphatic carbocycles. The smallest absolute Gasteiger partial charge is 0.328 e. The molecule has 1 N–H and O–H groups in total. The highest BCUT2D eigenvalue weighted by molar-refractivity contribution is 5.86. The van der Waals surface area contributed by atoms with Gasteiger partial charge in [-0.05, 0) is 12.0 Å². The van der Waals surface area contributed by atoms with Crippen LogP contribution >= 0.6 is 0 Å². The van der Waals surface area contributed by atoms with Crippen molar-refractivity contribution in [2.24, 2.45) is 5.92 Å². The summed E-state index contributed by atoms with van der Waals surface area (Å²) < 4.78 is 9.30. The number of amides is 1. The highest BCUT2D eigenvalue weighted by atomic mass is 16.5. The summed E-state index contributed by atoms with van der Waals surface area (Å²) in [6.45, 7) is 1.63. The van der Waals surface area contributed by atoms with Crippen LogP contribution in [0, 0.1) is 5.92 Å². The Kier molecular flexibility index (Phi) is 7.08. The average Bonchev–Trinajstić information content (AvgIpc) is 2.53. The van der Waals surface area contributed by atoms with Gasteiger partial charge in [-0.2, -0.15) is 0 Å². The molecule has 0 heterocycles. The van der Waals surface area contributed by atoms with E-state index in [4.69, 9.17) is 0 Å². The summed E-state index contributed by atoms with van der Waals surface area (Å²) in [5, 5.41) is 2.60. The second-order valence-electron chi connectivity index (χ2n) is 4.97. The van der Waals surface area contributed by atoms with Crippen LogP contribution in [-0.4, -0.2) is 38.1 Å². The van der Waals surface area contributed by atoms with Gasteiger partial charge in [0.2, 0.25) is 5.91 Å². The molecular formula is C16H21NO5. The van der Waals surface area contributed by atoms with Crippen LogP contribution in [-0.2, 0) is 30.3 Å². The van der Waals surface area contributed by atoms with E-state index in [1.807, 2.05) is 30.3 Å². The number of ether oxygens (including phenoxy) is 2. The molecule has 0 aliphatic rings. The fraction of sp³-hybridized carbons (Fsp3) is 0.438. The van der Waals surface area contributed by atoms with Gasteiger partial charge in [0.15, 0.2) is 0 Å². The van der Waals surface area contributed by atoms with Gasteiger partial charge < -0.3 is 14.8 Å². The molecule has 0 spiro atoms. The van der Waals surface area contributed by atoms with Gasteiger partial charge >= 0.3 is 11.9 Å². The molecule has 120 valence electrons. The van der Waals surface area contributed by atoms with E-state index >= 15 is 0 Å². The van der Waals surface area contributed by atoms with E-state index < -0.39 is 23.9 Å². The summed E-state index contributed by atoms with van der Waals surface area (Å²) in [6, 6.07) is 8.29. The Morgan fingerprint density at radius 2 is 1.64 bits per heavy atom. The highest BCUT2D eigenvalue weighted by Gasteiger charge is 2.27. The van der Waals surface area contributed by atoms with Crippen molar-refractivity contribution < 1.29 is 23.9 Å². The Morgan fingerprint density at radius 1 is 1.05 bits per heavy atom. The minimum absolute atomic E-state index is 0.125. The van der Waals surface area contributed by atoms with Crippen molar-refractivity contribution >= 4 is 17.8 Å². The highest BCUT2D eigenvalue weighted by Crippen LogP contribution is 2.10. The van der Waals surface area contributed by atoms with Gasteiger partial charge in [0, 0.05) is 0 Å².